The summed E-state index contributed by atoms with van der Waals surface area (Å²) in [6.07, 6.45) is 4.91. The fourth-order valence-corrected chi connectivity index (χ4v) is 2.10. The van der Waals surface area contributed by atoms with Crippen LogP contribution in [0.1, 0.15) is 5.69 Å². The van der Waals surface area contributed by atoms with Crippen molar-refractivity contribution in [1.29, 1.82) is 0 Å². The van der Waals surface area contributed by atoms with Crippen LogP contribution < -0.4 is 11.3 Å². The van der Waals surface area contributed by atoms with E-state index >= 15 is 0 Å². The summed E-state index contributed by atoms with van der Waals surface area (Å²) in [5.74, 6) is 5.94. The Bertz CT molecular complexity index is 710. The van der Waals surface area contributed by atoms with E-state index in [2.05, 4.69) is 30.5 Å². The first-order chi connectivity index (χ1) is 9.74. The van der Waals surface area contributed by atoms with E-state index in [0.717, 1.165) is 5.69 Å². The van der Waals surface area contributed by atoms with Crippen molar-refractivity contribution >= 4 is 17.7 Å². The van der Waals surface area contributed by atoms with Crippen molar-refractivity contribution in [2.24, 2.45) is 5.84 Å². The summed E-state index contributed by atoms with van der Waals surface area (Å²) >= 11 is 1.17. The molecule has 0 atom stereocenters. The number of rotatable bonds is 4. The van der Waals surface area contributed by atoms with Crippen LogP contribution in [0.2, 0.25) is 0 Å². The maximum Gasteiger partial charge on any atom is 0.263 e. The Hall–Kier alpha value is -2.46. The van der Waals surface area contributed by atoms with Gasteiger partial charge < -0.3 is 4.42 Å². The fourth-order valence-electron chi connectivity index (χ4n) is 1.40. The molecule has 0 unspecified atom stereocenters. The van der Waals surface area contributed by atoms with E-state index in [1.165, 1.54) is 16.4 Å². The molecular weight excluding hydrogens is 280 g/mol. The molecule has 0 aliphatic heterocycles. The zero-order valence-corrected chi connectivity index (χ0v) is 11.2. The fraction of sp³-hybridized carbons (Fsp3) is 0.100. The second-order valence-electron chi connectivity index (χ2n) is 3.69. The van der Waals surface area contributed by atoms with Gasteiger partial charge in [-0.3, -0.25) is 5.43 Å². The molecule has 0 spiro atoms. The smallest absolute Gasteiger partial charge is 0.263 e. The van der Waals surface area contributed by atoms with Crippen LogP contribution in [0.4, 0.5) is 5.95 Å². The Morgan fingerprint density at radius 2 is 2.20 bits per heavy atom. The molecule has 9 nitrogen and oxygen atoms in total. The lowest BCUT2D eigenvalue weighted by atomic mass is 10.6. The van der Waals surface area contributed by atoms with Crippen LogP contribution in [0.15, 0.2) is 39.5 Å². The topological polar surface area (TPSA) is 121 Å². The summed E-state index contributed by atoms with van der Waals surface area (Å²) in [5, 5.41) is 4.91. The number of hydrogen-bond acceptors (Lipinski definition) is 9. The molecule has 0 saturated heterocycles. The van der Waals surface area contributed by atoms with Crippen molar-refractivity contribution < 1.29 is 4.42 Å². The number of oxazole rings is 1. The molecule has 0 saturated carbocycles. The molecule has 0 aliphatic carbocycles. The maximum atomic E-state index is 5.36. The molecule has 102 valence electrons. The minimum absolute atomic E-state index is 0.233. The van der Waals surface area contributed by atoms with E-state index in [-0.39, 0.29) is 5.95 Å². The number of nitrogens with zero attached hydrogens (tertiary/aromatic N) is 6. The van der Waals surface area contributed by atoms with E-state index in [4.69, 9.17) is 10.3 Å². The molecule has 3 N–H and O–H groups in total. The van der Waals surface area contributed by atoms with Gasteiger partial charge >= 0.3 is 0 Å². The van der Waals surface area contributed by atoms with Crippen molar-refractivity contribution in [3.63, 3.8) is 0 Å². The van der Waals surface area contributed by atoms with Crippen LogP contribution in [0.3, 0.4) is 0 Å². The summed E-state index contributed by atoms with van der Waals surface area (Å²) in [7, 11) is 0. The molecule has 20 heavy (non-hydrogen) atoms. The highest BCUT2D eigenvalue weighted by atomic mass is 32.2. The molecular formula is C10H10N8OS. The van der Waals surface area contributed by atoms with Gasteiger partial charge in [-0.1, -0.05) is 0 Å². The van der Waals surface area contributed by atoms with Gasteiger partial charge in [0.25, 0.3) is 11.2 Å². The van der Waals surface area contributed by atoms with E-state index in [0.29, 0.717) is 16.3 Å². The van der Waals surface area contributed by atoms with Gasteiger partial charge in [-0.15, -0.1) is 0 Å². The van der Waals surface area contributed by atoms with Crippen LogP contribution >= 0.6 is 11.8 Å². The summed E-state index contributed by atoms with van der Waals surface area (Å²) in [6.45, 7) is 1.84. The number of anilines is 1. The van der Waals surface area contributed by atoms with Crippen molar-refractivity contribution in [3.8, 4) is 5.95 Å². The standard InChI is InChI=1S/C10H10N8OS/c1-6-5-19-10(13-6)20-9-15-7(17-11)14-8(16-9)18-4-2-3-12-18/h2-5H,11H2,1H3,(H,14,15,16,17). The van der Waals surface area contributed by atoms with Gasteiger partial charge in [0.2, 0.25) is 11.1 Å². The zero-order chi connectivity index (χ0) is 13.9. The molecule has 3 heterocycles. The minimum atomic E-state index is 0.233. The van der Waals surface area contributed by atoms with Gasteiger partial charge in [0.1, 0.15) is 6.26 Å². The first-order valence-electron chi connectivity index (χ1n) is 5.57. The Kier molecular flexibility index (Phi) is 3.31. The van der Waals surface area contributed by atoms with Crippen molar-refractivity contribution in [1.82, 2.24) is 29.7 Å². The number of nitrogens with two attached hydrogens (primary N) is 1. The highest BCUT2D eigenvalue weighted by Gasteiger charge is 2.12. The van der Waals surface area contributed by atoms with Crippen LogP contribution in [0.5, 0.6) is 0 Å². The lowest BCUT2D eigenvalue weighted by Crippen LogP contribution is -2.14. The summed E-state index contributed by atoms with van der Waals surface area (Å²) in [5.41, 5.74) is 3.18. The molecule has 0 aliphatic rings. The lowest BCUT2D eigenvalue weighted by Gasteiger charge is -2.04. The predicted octanol–water partition coefficient (Wildman–Crippen LogP) is 0.791. The van der Waals surface area contributed by atoms with Crippen molar-refractivity contribution in [2.45, 2.75) is 17.3 Å². The number of aromatic nitrogens is 6. The normalized spacial score (nSPS) is 10.7. The van der Waals surface area contributed by atoms with E-state index in [1.807, 2.05) is 6.92 Å². The van der Waals surface area contributed by atoms with Gasteiger partial charge in [0.05, 0.1) is 5.69 Å². The Labute approximate surface area is 117 Å². The Morgan fingerprint density at radius 1 is 1.30 bits per heavy atom. The number of nitrogens with one attached hydrogen (secondary N) is 1. The SMILES string of the molecule is Cc1coc(Sc2nc(NN)nc(-n3cccn3)n2)n1. The molecule has 0 fully saturated rings. The lowest BCUT2D eigenvalue weighted by molar-refractivity contribution is 0.453. The second-order valence-corrected chi connectivity index (χ2v) is 4.61. The predicted molar refractivity (Wildman–Crippen MR) is 70.1 cm³/mol. The summed E-state index contributed by atoms with van der Waals surface area (Å²) in [4.78, 5) is 16.7. The van der Waals surface area contributed by atoms with Crippen LogP contribution in [-0.2, 0) is 0 Å². The first-order valence-corrected chi connectivity index (χ1v) is 6.39. The van der Waals surface area contributed by atoms with E-state index < -0.39 is 0 Å². The molecule has 0 amide bonds. The van der Waals surface area contributed by atoms with Crippen molar-refractivity contribution in [2.75, 3.05) is 5.43 Å². The van der Waals surface area contributed by atoms with E-state index in [9.17, 15) is 0 Å². The van der Waals surface area contributed by atoms with Gasteiger partial charge in [-0.25, -0.2) is 15.5 Å². The van der Waals surface area contributed by atoms with Crippen LogP contribution in [-0.4, -0.2) is 29.7 Å². The average molecular weight is 290 g/mol. The Morgan fingerprint density at radius 3 is 2.85 bits per heavy atom. The number of hydrogen-bond donors (Lipinski definition) is 2. The molecule has 3 aromatic heterocycles. The molecule has 0 radical (unpaired) electrons. The minimum Gasteiger partial charge on any atom is -0.439 e. The summed E-state index contributed by atoms with van der Waals surface area (Å²) in [6, 6.07) is 1.77. The summed E-state index contributed by atoms with van der Waals surface area (Å²) < 4.78 is 6.76. The van der Waals surface area contributed by atoms with Gasteiger partial charge in [0, 0.05) is 24.2 Å². The number of hydrazine groups is 1. The molecule has 3 rings (SSSR count). The van der Waals surface area contributed by atoms with Crippen molar-refractivity contribution in [3.05, 3.63) is 30.4 Å². The highest BCUT2D eigenvalue weighted by Crippen LogP contribution is 2.24. The quantitative estimate of drug-likeness (QED) is 0.530. The van der Waals surface area contributed by atoms with Gasteiger partial charge in [-0.2, -0.15) is 20.1 Å². The molecule has 0 bridgehead atoms. The molecule has 10 heteroatoms. The van der Waals surface area contributed by atoms with E-state index in [1.54, 1.807) is 24.7 Å². The van der Waals surface area contributed by atoms with Gasteiger partial charge in [-0.05, 0) is 13.0 Å². The third-order valence-corrected chi connectivity index (χ3v) is 2.95. The molecule has 0 aromatic carbocycles. The number of nitrogen functional groups attached to an aromatic ring is 1. The zero-order valence-electron chi connectivity index (χ0n) is 10.4. The highest BCUT2D eigenvalue weighted by molar-refractivity contribution is 7.98. The number of aryl methyl sites for hydroxylation is 1. The Balaban J connectivity index is 1.96. The average Bonchev–Trinajstić information content (AvgIpc) is 3.10. The third-order valence-electron chi connectivity index (χ3n) is 2.22. The van der Waals surface area contributed by atoms with Crippen LogP contribution in [0.25, 0.3) is 5.95 Å². The third kappa shape index (κ3) is 2.60. The monoisotopic (exact) mass is 290 g/mol. The largest absolute Gasteiger partial charge is 0.439 e. The van der Waals surface area contributed by atoms with Crippen LogP contribution in [0, 0.1) is 6.92 Å². The second kappa shape index (κ2) is 5.27. The van der Waals surface area contributed by atoms with Gasteiger partial charge in [0.15, 0.2) is 0 Å². The first kappa shape index (κ1) is 12.6. The maximum absolute atomic E-state index is 5.36. The molecule has 3 aromatic rings.